The maximum absolute atomic E-state index is 12.6. The van der Waals surface area contributed by atoms with Gasteiger partial charge in [-0.3, -0.25) is 4.79 Å². The molecule has 36 heavy (non-hydrogen) atoms. The Morgan fingerprint density at radius 1 is 0.806 bits per heavy atom. The standard InChI is InChI=1S/C31H26N2O3/c1-23-6-5-9-26(18-23)22-36-29-14-10-24(11-15-29)19-27(20-32)31(34)33-28-12-16-30(17-13-28)35-21-25-7-3-2-4-8-25/h2-19H,21-22H2,1H3,(H,33,34)/b27-19+. The van der Waals surface area contributed by atoms with E-state index in [0.29, 0.717) is 30.4 Å². The van der Waals surface area contributed by atoms with Crippen molar-refractivity contribution < 1.29 is 14.3 Å². The number of nitrogens with one attached hydrogen (secondary N) is 1. The van der Waals surface area contributed by atoms with Gasteiger partial charge >= 0.3 is 0 Å². The molecule has 1 amide bonds. The average Bonchev–Trinajstić information content (AvgIpc) is 2.91. The molecule has 0 fully saturated rings. The van der Waals surface area contributed by atoms with Crippen LogP contribution >= 0.6 is 0 Å². The molecule has 0 saturated heterocycles. The summed E-state index contributed by atoms with van der Waals surface area (Å²) >= 11 is 0. The Morgan fingerprint density at radius 3 is 2.06 bits per heavy atom. The highest BCUT2D eigenvalue weighted by molar-refractivity contribution is 6.09. The van der Waals surface area contributed by atoms with Crippen molar-refractivity contribution in [1.29, 1.82) is 5.26 Å². The number of carbonyl (C=O) groups excluding carboxylic acids is 1. The van der Waals surface area contributed by atoms with E-state index in [1.807, 2.05) is 85.8 Å². The summed E-state index contributed by atoms with van der Waals surface area (Å²) in [5.74, 6) is 0.930. The zero-order valence-corrected chi connectivity index (χ0v) is 20.0. The number of hydrogen-bond donors (Lipinski definition) is 1. The first-order valence-electron chi connectivity index (χ1n) is 11.6. The van der Waals surface area contributed by atoms with Gasteiger partial charge in [0.25, 0.3) is 5.91 Å². The van der Waals surface area contributed by atoms with Crippen LogP contribution in [0.3, 0.4) is 0 Å². The van der Waals surface area contributed by atoms with Crippen molar-refractivity contribution in [3.8, 4) is 17.6 Å². The zero-order chi connectivity index (χ0) is 25.2. The number of rotatable bonds is 9. The van der Waals surface area contributed by atoms with Gasteiger partial charge in [-0.15, -0.1) is 0 Å². The van der Waals surface area contributed by atoms with E-state index >= 15 is 0 Å². The third-order valence-electron chi connectivity index (χ3n) is 5.40. The minimum atomic E-state index is -0.477. The van der Waals surface area contributed by atoms with Crippen molar-refractivity contribution in [1.82, 2.24) is 0 Å². The van der Waals surface area contributed by atoms with Gasteiger partial charge in [0.15, 0.2) is 0 Å². The summed E-state index contributed by atoms with van der Waals surface area (Å²) in [6, 6.07) is 34.3. The molecular formula is C31H26N2O3. The Hall–Kier alpha value is -4.82. The van der Waals surface area contributed by atoms with Crippen molar-refractivity contribution in [2.75, 3.05) is 5.32 Å². The molecule has 5 nitrogen and oxygen atoms in total. The molecule has 4 rings (SSSR count). The molecule has 5 heteroatoms. The Labute approximate surface area is 211 Å². The number of carbonyl (C=O) groups is 1. The van der Waals surface area contributed by atoms with Crippen molar-refractivity contribution in [2.45, 2.75) is 20.1 Å². The van der Waals surface area contributed by atoms with E-state index in [1.54, 1.807) is 30.3 Å². The number of ether oxygens (including phenoxy) is 2. The number of benzene rings is 4. The lowest BCUT2D eigenvalue weighted by Gasteiger charge is -2.09. The zero-order valence-electron chi connectivity index (χ0n) is 20.0. The third kappa shape index (κ3) is 7.09. The van der Waals surface area contributed by atoms with Crippen molar-refractivity contribution in [3.05, 3.63) is 131 Å². The summed E-state index contributed by atoms with van der Waals surface area (Å²) in [7, 11) is 0. The van der Waals surface area contributed by atoms with Gasteiger partial charge in [-0.25, -0.2) is 0 Å². The van der Waals surface area contributed by atoms with Crippen molar-refractivity contribution in [2.24, 2.45) is 0 Å². The van der Waals surface area contributed by atoms with Gasteiger partial charge in [0.2, 0.25) is 0 Å². The van der Waals surface area contributed by atoms with Crippen molar-refractivity contribution >= 4 is 17.7 Å². The van der Waals surface area contributed by atoms with E-state index in [2.05, 4.69) is 11.4 Å². The van der Waals surface area contributed by atoms with Gasteiger partial charge < -0.3 is 14.8 Å². The summed E-state index contributed by atoms with van der Waals surface area (Å²) in [6.07, 6.45) is 1.55. The number of hydrogen-bond acceptors (Lipinski definition) is 4. The summed E-state index contributed by atoms with van der Waals surface area (Å²) in [5, 5.41) is 12.3. The molecule has 4 aromatic carbocycles. The second-order valence-corrected chi connectivity index (χ2v) is 8.27. The molecule has 178 valence electrons. The first-order valence-corrected chi connectivity index (χ1v) is 11.6. The maximum Gasteiger partial charge on any atom is 0.266 e. The average molecular weight is 475 g/mol. The number of aryl methyl sites for hydroxylation is 1. The van der Waals surface area contributed by atoms with Crippen LogP contribution < -0.4 is 14.8 Å². The minimum Gasteiger partial charge on any atom is -0.489 e. The molecule has 0 bridgehead atoms. The molecule has 4 aromatic rings. The van der Waals surface area contributed by atoms with Crippen LogP contribution in [0.2, 0.25) is 0 Å². The number of nitrogens with zero attached hydrogens (tertiary/aromatic N) is 1. The summed E-state index contributed by atoms with van der Waals surface area (Å²) in [6.45, 7) is 2.98. The van der Waals surface area contributed by atoms with Gasteiger partial charge in [-0.05, 0) is 66.1 Å². The lowest BCUT2D eigenvalue weighted by Crippen LogP contribution is -2.13. The molecule has 0 atom stereocenters. The van der Waals surface area contributed by atoms with Crippen LogP contribution in [0.25, 0.3) is 6.08 Å². The van der Waals surface area contributed by atoms with Gasteiger partial charge in [0.1, 0.15) is 36.4 Å². The van der Waals surface area contributed by atoms with Crippen LogP contribution in [0.15, 0.2) is 109 Å². The molecule has 0 unspecified atom stereocenters. The van der Waals surface area contributed by atoms with E-state index in [1.165, 1.54) is 5.56 Å². The fourth-order valence-corrected chi connectivity index (χ4v) is 3.52. The number of nitriles is 1. The normalized spacial score (nSPS) is 10.8. The molecule has 0 aliphatic carbocycles. The second kappa shape index (κ2) is 12.0. The largest absolute Gasteiger partial charge is 0.489 e. The Kier molecular flexibility index (Phi) is 8.14. The molecule has 0 radical (unpaired) electrons. The Balaban J connectivity index is 1.32. The Bertz CT molecular complexity index is 1370. The highest BCUT2D eigenvalue weighted by atomic mass is 16.5. The fraction of sp³-hybridized carbons (Fsp3) is 0.0968. The highest BCUT2D eigenvalue weighted by Crippen LogP contribution is 2.19. The SMILES string of the molecule is Cc1cccc(COc2ccc(/C=C(\C#N)C(=O)Nc3ccc(OCc4ccccc4)cc3)cc2)c1. The van der Waals surface area contributed by atoms with Gasteiger partial charge in [-0.2, -0.15) is 5.26 Å². The second-order valence-electron chi connectivity index (χ2n) is 8.27. The molecule has 1 N–H and O–H groups in total. The van der Waals surface area contributed by atoms with E-state index in [4.69, 9.17) is 9.47 Å². The van der Waals surface area contributed by atoms with Gasteiger partial charge in [0.05, 0.1) is 0 Å². The van der Waals surface area contributed by atoms with Crippen LogP contribution in [0, 0.1) is 18.3 Å². The summed E-state index contributed by atoms with van der Waals surface area (Å²) < 4.78 is 11.6. The maximum atomic E-state index is 12.6. The summed E-state index contributed by atoms with van der Waals surface area (Å²) in [4.78, 5) is 12.6. The third-order valence-corrected chi connectivity index (χ3v) is 5.40. The topological polar surface area (TPSA) is 71.3 Å². The molecule has 0 aromatic heterocycles. The lowest BCUT2D eigenvalue weighted by molar-refractivity contribution is -0.112. The lowest BCUT2D eigenvalue weighted by atomic mass is 10.1. The van der Waals surface area contributed by atoms with Crippen LogP contribution in [0.4, 0.5) is 5.69 Å². The van der Waals surface area contributed by atoms with Gasteiger partial charge in [-0.1, -0.05) is 72.3 Å². The minimum absolute atomic E-state index is 0.00725. The number of anilines is 1. The molecular weight excluding hydrogens is 448 g/mol. The van der Waals surface area contributed by atoms with E-state index < -0.39 is 5.91 Å². The Morgan fingerprint density at radius 2 is 1.42 bits per heavy atom. The number of amides is 1. The fourth-order valence-electron chi connectivity index (χ4n) is 3.52. The van der Waals surface area contributed by atoms with Crippen LogP contribution in [-0.2, 0) is 18.0 Å². The van der Waals surface area contributed by atoms with Crippen LogP contribution in [0.5, 0.6) is 11.5 Å². The predicted molar refractivity (Wildman–Crippen MR) is 141 cm³/mol. The van der Waals surface area contributed by atoms with Gasteiger partial charge in [0, 0.05) is 5.69 Å². The molecule has 0 heterocycles. The van der Waals surface area contributed by atoms with Crippen LogP contribution in [0.1, 0.15) is 22.3 Å². The predicted octanol–water partition coefficient (Wildman–Crippen LogP) is 6.70. The van der Waals surface area contributed by atoms with E-state index in [9.17, 15) is 10.1 Å². The molecule has 0 aliphatic heterocycles. The van der Waals surface area contributed by atoms with E-state index in [-0.39, 0.29) is 5.57 Å². The monoisotopic (exact) mass is 474 g/mol. The summed E-state index contributed by atoms with van der Waals surface area (Å²) in [5.41, 5.74) is 4.67. The van der Waals surface area contributed by atoms with E-state index in [0.717, 1.165) is 16.7 Å². The molecule has 0 saturated carbocycles. The first-order chi connectivity index (χ1) is 17.6. The molecule has 0 aliphatic rings. The van der Waals surface area contributed by atoms with Crippen molar-refractivity contribution in [3.63, 3.8) is 0 Å². The first kappa shape index (κ1) is 24.3. The molecule has 0 spiro atoms. The quantitative estimate of drug-likeness (QED) is 0.216. The smallest absolute Gasteiger partial charge is 0.266 e. The van der Waals surface area contributed by atoms with Crippen LogP contribution in [-0.4, -0.2) is 5.91 Å². The highest BCUT2D eigenvalue weighted by Gasteiger charge is 2.10.